The number of rotatable bonds is 5. The highest BCUT2D eigenvalue weighted by molar-refractivity contribution is 5.76. The lowest BCUT2D eigenvalue weighted by atomic mass is 10.0. The fourth-order valence-electron chi connectivity index (χ4n) is 3.19. The molecule has 25 heavy (non-hydrogen) atoms. The molecule has 0 bridgehead atoms. The van der Waals surface area contributed by atoms with Crippen molar-refractivity contribution in [3.8, 4) is 5.75 Å². The van der Waals surface area contributed by atoms with E-state index in [4.69, 9.17) is 4.74 Å². The summed E-state index contributed by atoms with van der Waals surface area (Å²) in [6, 6.07) is 11.7. The molecule has 0 radical (unpaired) electrons. The van der Waals surface area contributed by atoms with Crippen molar-refractivity contribution in [2.45, 2.75) is 32.2 Å². The zero-order valence-corrected chi connectivity index (χ0v) is 14.1. The maximum atomic E-state index is 12.3. The molecule has 1 atom stereocenters. The van der Waals surface area contributed by atoms with E-state index in [0.717, 1.165) is 30.2 Å². The number of ether oxygens (including phenoxy) is 1. The van der Waals surface area contributed by atoms with Crippen LogP contribution in [-0.4, -0.2) is 27.1 Å². The first-order valence-corrected chi connectivity index (χ1v) is 8.54. The van der Waals surface area contributed by atoms with Crippen LogP contribution in [0.3, 0.4) is 0 Å². The molecule has 0 spiro atoms. The van der Waals surface area contributed by atoms with Crippen molar-refractivity contribution < 1.29 is 9.53 Å². The van der Waals surface area contributed by atoms with Gasteiger partial charge in [-0.1, -0.05) is 18.2 Å². The number of nitrogens with one attached hydrogen (secondary N) is 1. The zero-order valence-electron chi connectivity index (χ0n) is 14.1. The summed E-state index contributed by atoms with van der Waals surface area (Å²) in [4.78, 5) is 12.3. The van der Waals surface area contributed by atoms with Crippen molar-refractivity contribution in [2.75, 3.05) is 6.61 Å². The fraction of sp³-hybridized carbons (Fsp3) is 0.316. The molecule has 4 rings (SSSR count). The van der Waals surface area contributed by atoms with Gasteiger partial charge in [0.2, 0.25) is 5.91 Å². The van der Waals surface area contributed by atoms with Crippen LogP contribution in [0.25, 0.3) is 5.65 Å². The molecule has 6 heteroatoms. The highest BCUT2D eigenvalue weighted by Gasteiger charge is 2.16. The first-order chi connectivity index (χ1) is 12.2. The van der Waals surface area contributed by atoms with Crippen LogP contribution in [0.2, 0.25) is 0 Å². The number of nitrogens with zero attached hydrogens (tertiary/aromatic N) is 3. The SMILES string of the molecule is C[C@H](NC(=O)CCc1ccc2c(c1)CCO2)c1nnc2ccccn12. The largest absolute Gasteiger partial charge is 0.493 e. The van der Waals surface area contributed by atoms with Crippen LogP contribution >= 0.6 is 0 Å². The van der Waals surface area contributed by atoms with Crippen LogP contribution in [0.1, 0.15) is 36.3 Å². The van der Waals surface area contributed by atoms with Crippen LogP contribution in [-0.2, 0) is 17.6 Å². The van der Waals surface area contributed by atoms with E-state index in [1.807, 2.05) is 47.9 Å². The van der Waals surface area contributed by atoms with E-state index >= 15 is 0 Å². The minimum Gasteiger partial charge on any atom is -0.493 e. The molecule has 1 amide bonds. The molecule has 6 nitrogen and oxygen atoms in total. The number of hydrogen-bond acceptors (Lipinski definition) is 4. The van der Waals surface area contributed by atoms with Crippen LogP contribution in [0.4, 0.5) is 0 Å². The second-order valence-corrected chi connectivity index (χ2v) is 6.32. The van der Waals surface area contributed by atoms with Crippen molar-refractivity contribution in [1.82, 2.24) is 19.9 Å². The van der Waals surface area contributed by atoms with Crippen molar-refractivity contribution in [3.63, 3.8) is 0 Å². The van der Waals surface area contributed by atoms with Gasteiger partial charge in [-0.25, -0.2) is 0 Å². The van der Waals surface area contributed by atoms with Gasteiger partial charge in [0.15, 0.2) is 11.5 Å². The van der Waals surface area contributed by atoms with Gasteiger partial charge in [-0.05, 0) is 42.7 Å². The number of amides is 1. The molecule has 1 aromatic carbocycles. The minimum atomic E-state index is -0.196. The first-order valence-electron chi connectivity index (χ1n) is 8.54. The minimum absolute atomic E-state index is 0.0110. The third kappa shape index (κ3) is 3.20. The standard InChI is InChI=1S/C19H20N4O2/c1-13(19-22-21-17-4-2-3-10-23(17)19)20-18(24)8-6-14-5-7-16-15(12-14)9-11-25-16/h2-5,7,10,12-13H,6,8-9,11H2,1H3,(H,20,24)/t13-/m0/s1. The molecule has 0 saturated heterocycles. The number of benzene rings is 1. The summed E-state index contributed by atoms with van der Waals surface area (Å²) >= 11 is 0. The molecular formula is C19H20N4O2. The average Bonchev–Trinajstić information content (AvgIpc) is 3.26. The molecule has 1 N–H and O–H groups in total. The fourth-order valence-corrected chi connectivity index (χ4v) is 3.19. The number of pyridine rings is 1. The van der Waals surface area contributed by atoms with Crippen LogP contribution in [0, 0.1) is 0 Å². The second kappa shape index (κ2) is 6.55. The van der Waals surface area contributed by atoms with Crippen molar-refractivity contribution in [1.29, 1.82) is 0 Å². The Bertz CT molecular complexity index is 919. The highest BCUT2D eigenvalue weighted by atomic mass is 16.5. The Kier molecular flexibility index (Phi) is 4.09. The second-order valence-electron chi connectivity index (χ2n) is 6.32. The van der Waals surface area contributed by atoms with E-state index in [0.29, 0.717) is 12.8 Å². The van der Waals surface area contributed by atoms with Gasteiger partial charge in [0.1, 0.15) is 5.75 Å². The predicted octanol–water partition coefficient (Wildman–Crippen LogP) is 2.47. The van der Waals surface area contributed by atoms with E-state index in [9.17, 15) is 4.79 Å². The van der Waals surface area contributed by atoms with Gasteiger partial charge in [0.25, 0.3) is 0 Å². The predicted molar refractivity (Wildman–Crippen MR) is 93.5 cm³/mol. The zero-order chi connectivity index (χ0) is 17.2. The van der Waals surface area contributed by atoms with Crippen LogP contribution in [0.15, 0.2) is 42.6 Å². The van der Waals surface area contributed by atoms with Crippen LogP contribution < -0.4 is 10.1 Å². The Morgan fingerprint density at radius 1 is 1.32 bits per heavy atom. The Balaban J connectivity index is 1.37. The molecule has 3 heterocycles. The lowest BCUT2D eigenvalue weighted by Gasteiger charge is -2.12. The number of aryl methyl sites for hydroxylation is 1. The summed E-state index contributed by atoms with van der Waals surface area (Å²) in [6.07, 6.45) is 4.01. The Morgan fingerprint density at radius 2 is 2.24 bits per heavy atom. The molecule has 0 unspecified atom stereocenters. The van der Waals surface area contributed by atoms with Gasteiger partial charge in [0.05, 0.1) is 12.6 Å². The van der Waals surface area contributed by atoms with Gasteiger partial charge in [-0.3, -0.25) is 9.20 Å². The summed E-state index contributed by atoms with van der Waals surface area (Å²) in [7, 11) is 0. The molecule has 2 aromatic heterocycles. The summed E-state index contributed by atoms with van der Waals surface area (Å²) in [5.41, 5.74) is 3.18. The topological polar surface area (TPSA) is 68.5 Å². The number of aromatic nitrogens is 3. The quantitative estimate of drug-likeness (QED) is 0.777. The Morgan fingerprint density at radius 3 is 3.16 bits per heavy atom. The van der Waals surface area contributed by atoms with E-state index in [1.54, 1.807) is 0 Å². The monoisotopic (exact) mass is 336 g/mol. The van der Waals surface area contributed by atoms with Gasteiger partial charge in [0, 0.05) is 19.0 Å². The van der Waals surface area contributed by atoms with E-state index in [-0.39, 0.29) is 11.9 Å². The van der Waals surface area contributed by atoms with Gasteiger partial charge < -0.3 is 10.1 Å². The number of fused-ring (bicyclic) bond motifs is 2. The molecular weight excluding hydrogens is 316 g/mol. The van der Waals surface area contributed by atoms with E-state index < -0.39 is 0 Å². The Labute approximate surface area is 145 Å². The maximum Gasteiger partial charge on any atom is 0.220 e. The molecule has 1 aliphatic rings. The van der Waals surface area contributed by atoms with E-state index in [1.165, 1.54) is 11.1 Å². The molecule has 0 aliphatic carbocycles. The lowest BCUT2D eigenvalue weighted by molar-refractivity contribution is -0.121. The lowest BCUT2D eigenvalue weighted by Crippen LogP contribution is -2.28. The van der Waals surface area contributed by atoms with Gasteiger partial charge >= 0.3 is 0 Å². The number of carbonyl (C=O) groups is 1. The van der Waals surface area contributed by atoms with E-state index in [2.05, 4.69) is 21.6 Å². The molecule has 0 fully saturated rings. The highest BCUT2D eigenvalue weighted by Crippen LogP contribution is 2.26. The van der Waals surface area contributed by atoms with Gasteiger partial charge in [-0.2, -0.15) is 0 Å². The third-order valence-corrected chi connectivity index (χ3v) is 4.50. The van der Waals surface area contributed by atoms with Crippen LogP contribution in [0.5, 0.6) is 5.75 Å². The normalized spacial score (nSPS) is 14.1. The molecule has 128 valence electrons. The molecule has 1 aliphatic heterocycles. The maximum absolute atomic E-state index is 12.3. The van der Waals surface area contributed by atoms with Crippen molar-refractivity contribution in [3.05, 3.63) is 59.5 Å². The Hall–Kier alpha value is -2.89. The average molecular weight is 336 g/mol. The summed E-state index contributed by atoms with van der Waals surface area (Å²) in [5.74, 6) is 1.72. The molecule has 0 saturated carbocycles. The van der Waals surface area contributed by atoms with Crippen molar-refractivity contribution in [2.24, 2.45) is 0 Å². The summed E-state index contributed by atoms with van der Waals surface area (Å²) in [6.45, 7) is 2.68. The third-order valence-electron chi connectivity index (χ3n) is 4.50. The number of hydrogen-bond donors (Lipinski definition) is 1. The summed E-state index contributed by atoms with van der Waals surface area (Å²) in [5, 5.41) is 11.3. The first kappa shape index (κ1) is 15.6. The van der Waals surface area contributed by atoms with Crippen molar-refractivity contribution >= 4 is 11.6 Å². The summed E-state index contributed by atoms with van der Waals surface area (Å²) < 4.78 is 7.41. The number of carbonyl (C=O) groups excluding carboxylic acids is 1. The smallest absolute Gasteiger partial charge is 0.220 e. The van der Waals surface area contributed by atoms with Gasteiger partial charge in [-0.15, -0.1) is 10.2 Å². The molecule has 3 aromatic rings.